The molecule has 0 atom stereocenters. The lowest BCUT2D eigenvalue weighted by atomic mass is 10.1. The number of aromatic nitrogens is 1. The van der Waals surface area contributed by atoms with Crippen molar-refractivity contribution in [2.75, 3.05) is 5.32 Å². The maximum absolute atomic E-state index is 12.2. The van der Waals surface area contributed by atoms with Crippen LogP contribution < -0.4 is 10.7 Å². The van der Waals surface area contributed by atoms with Crippen molar-refractivity contribution in [1.29, 1.82) is 0 Å². The fraction of sp³-hybridized carbons (Fsp3) is 0. The summed E-state index contributed by atoms with van der Waals surface area (Å²) in [5, 5.41) is 31.1. The zero-order valence-electron chi connectivity index (χ0n) is 19.1. The van der Waals surface area contributed by atoms with E-state index in [2.05, 4.69) is 10.3 Å². The lowest BCUT2D eigenvalue weighted by molar-refractivity contribution is 0.0687. The Balaban J connectivity index is 0.000000173. The molecule has 9 heteroatoms. The van der Waals surface area contributed by atoms with E-state index < -0.39 is 17.9 Å². The third-order valence-electron chi connectivity index (χ3n) is 5.56. The Morgan fingerprint density at radius 1 is 0.568 bits per heavy atom. The Hall–Kier alpha value is -5.44. The highest BCUT2D eigenvalue weighted by Gasteiger charge is 2.14. The number of H-pyrrole nitrogens is 1. The highest BCUT2D eigenvalue weighted by molar-refractivity contribution is 6.04. The van der Waals surface area contributed by atoms with Crippen molar-refractivity contribution < 1.29 is 29.7 Å². The number of benzene rings is 4. The number of carbonyl (C=O) groups is 3. The number of hydrogen-bond acceptors (Lipinski definition) is 5. The first-order valence-corrected chi connectivity index (χ1v) is 11.0. The average Bonchev–Trinajstić information content (AvgIpc) is 2.89. The highest BCUT2D eigenvalue weighted by Crippen LogP contribution is 2.24. The van der Waals surface area contributed by atoms with Crippen LogP contribution in [0.25, 0.3) is 21.8 Å². The molecule has 0 bridgehead atoms. The molecule has 184 valence electrons. The van der Waals surface area contributed by atoms with Gasteiger partial charge in [-0.1, -0.05) is 42.5 Å². The Kier molecular flexibility index (Phi) is 6.97. The van der Waals surface area contributed by atoms with Crippen LogP contribution in [0.1, 0.15) is 31.1 Å². The molecule has 0 aliphatic rings. The molecular formula is C28H20N2O7. The number of carboxylic acid groups (broad SMARTS) is 3. The second kappa shape index (κ2) is 10.4. The zero-order chi connectivity index (χ0) is 26.5. The van der Waals surface area contributed by atoms with E-state index in [4.69, 9.17) is 15.3 Å². The fourth-order valence-electron chi connectivity index (χ4n) is 3.83. The molecule has 1 heterocycles. The van der Waals surface area contributed by atoms with E-state index in [-0.39, 0.29) is 22.1 Å². The van der Waals surface area contributed by atoms with Gasteiger partial charge in [-0.05, 0) is 48.5 Å². The molecule has 0 fully saturated rings. The minimum Gasteiger partial charge on any atom is -0.478 e. The van der Waals surface area contributed by atoms with Crippen LogP contribution in [0.15, 0.2) is 95.8 Å². The lowest BCUT2D eigenvalue weighted by Crippen LogP contribution is -2.07. The van der Waals surface area contributed by atoms with Gasteiger partial charge in [-0.15, -0.1) is 0 Å². The highest BCUT2D eigenvalue weighted by atomic mass is 16.4. The molecule has 5 rings (SSSR count). The number of para-hydroxylation sites is 4. The number of rotatable bonds is 5. The Bertz CT molecular complexity index is 1670. The second-order valence-corrected chi connectivity index (χ2v) is 7.86. The van der Waals surface area contributed by atoms with Crippen LogP contribution in [-0.4, -0.2) is 38.2 Å². The smallest absolute Gasteiger partial charge is 0.337 e. The normalized spacial score (nSPS) is 10.4. The molecular weight excluding hydrogens is 476 g/mol. The van der Waals surface area contributed by atoms with Crippen LogP contribution in [0.5, 0.6) is 0 Å². The van der Waals surface area contributed by atoms with Crippen molar-refractivity contribution >= 4 is 51.1 Å². The molecule has 0 aliphatic heterocycles. The van der Waals surface area contributed by atoms with Gasteiger partial charge in [0.2, 0.25) is 0 Å². The van der Waals surface area contributed by atoms with Gasteiger partial charge in [0.25, 0.3) is 0 Å². The van der Waals surface area contributed by atoms with Gasteiger partial charge in [0.05, 0.1) is 33.6 Å². The number of fused-ring (bicyclic) bond motifs is 2. The average molecular weight is 496 g/mol. The number of anilines is 2. The zero-order valence-corrected chi connectivity index (χ0v) is 19.1. The first-order chi connectivity index (χ1) is 17.8. The summed E-state index contributed by atoms with van der Waals surface area (Å²) < 4.78 is 0. The maximum atomic E-state index is 12.2. The van der Waals surface area contributed by atoms with E-state index in [9.17, 15) is 19.2 Å². The number of aromatic amines is 1. The predicted octanol–water partition coefficient (Wildman–Crippen LogP) is 5.21. The molecule has 0 saturated heterocycles. The van der Waals surface area contributed by atoms with E-state index in [1.54, 1.807) is 72.8 Å². The third-order valence-corrected chi connectivity index (χ3v) is 5.56. The lowest BCUT2D eigenvalue weighted by Gasteiger charge is -2.11. The summed E-state index contributed by atoms with van der Waals surface area (Å²) in [5.74, 6) is -3.20. The van der Waals surface area contributed by atoms with E-state index in [0.717, 1.165) is 0 Å². The standard InChI is InChI=1S/C14H11NO4.C14H9NO3/c16-13(17)9-5-1-3-7-11(9)15-12-8-4-2-6-10(12)14(18)19;16-13-8-4-1-2-7-11(8)15-12-9(13)5-3-6-10(12)14(17)18/h1-8,15H,(H,16,17)(H,18,19);1-7H,(H,15,16)(H,17,18). The first kappa shape index (κ1) is 24.7. The predicted molar refractivity (Wildman–Crippen MR) is 139 cm³/mol. The van der Waals surface area contributed by atoms with Crippen molar-refractivity contribution in [2.45, 2.75) is 0 Å². The third kappa shape index (κ3) is 5.15. The van der Waals surface area contributed by atoms with Crippen molar-refractivity contribution in [3.63, 3.8) is 0 Å². The largest absolute Gasteiger partial charge is 0.478 e. The maximum Gasteiger partial charge on any atom is 0.337 e. The molecule has 0 aliphatic carbocycles. The second-order valence-electron chi connectivity index (χ2n) is 7.86. The van der Waals surface area contributed by atoms with Crippen molar-refractivity contribution in [3.8, 4) is 0 Å². The van der Waals surface area contributed by atoms with Gasteiger partial charge < -0.3 is 25.6 Å². The van der Waals surface area contributed by atoms with Crippen LogP contribution >= 0.6 is 0 Å². The molecule has 9 nitrogen and oxygen atoms in total. The van der Waals surface area contributed by atoms with Gasteiger partial charge in [-0.25, -0.2) is 14.4 Å². The first-order valence-electron chi connectivity index (χ1n) is 11.0. The molecule has 5 aromatic rings. The minimum atomic E-state index is -1.07. The van der Waals surface area contributed by atoms with Gasteiger partial charge in [0.1, 0.15) is 0 Å². The molecule has 4 aromatic carbocycles. The van der Waals surface area contributed by atoms with Crippen LogP contribution in [0.4, 0.5) is 11.4 Å². The minimum absolute atomic E-state index is 0.0858. The molecule has 0 unspecified atom stereocenters. The van der Waals surface area contributed by atoms with Gasteiger partial charge in [-0.3, -0.25) is 4.79 Å². The molecule has 5 N–H and O–H groups in total. The Morgan fingerprint density at radius 2 is 1.03 bits per heavy atom. The van der Waals surface area contributed by atoms with Crippen LogP contribution in [0.3, 0.4) is 0 Å². The number of aromatic carboxylic acids is 3. The Labute approximate surface area is 209 Å². The van der Waals surface area contributed by atoms with E-state index in [0.29, 0.717) is 33.2 Å². The van der Waals surface area contributed by atoms with Crippen LogP contribution in [-0.2, 0) is 0 Å². The molecule has 0 amide bonds. The van der Waals surface area contributed by atoms with Crippen molar-refractivity contribution in [2.24, 2.45) is 0 Å². The Morgan fingerprint density at radius 3 is 1.59 bits per heavy atom. The van der Waals surface area contributed by atoms with Crippen molar-refractivity contribution in [3.05, 3.63) is 118 Å². The molecule has 0 radical (unpaired) electrons. The summed E-state index contributed by atoms with van der Waals surface area (Å²) in [6.45, 7) is 0. The van der Waals surface area contributed by atoms with Gasteiger partial charge in [0, 0.05) is 16.3 Å². The SMILES string of the molecule is O=C(O)c1cccc2c(=O)c3ccccc3[nH]c12.O=C(O)c1ccccc1Nc1ccccc1C(=O)O. The molecule has 0 saturated carbocycles. The summed E-state index contributed by atoms with van der Waals surface area (Å²) in [5.41, 5.74) is 1.84. The van der Waals surface area contributed by atoms with E-state index >= 15 is 0 Å². The number of pyridine rings is 1. The summed E-state index contributed by atoms with van der Waals surface area (Å²) >= 11 is 0. The fourth-order valence-corrected chi connectivity index (χ4v) is 3.83. The summed E-state index contributed by atoms with van der Waals surface area (Å²) in [6.07, 6.45) is 0. The van der Waals surface area contributed by atoms with Gasteiger partial charge >= 0.3 is 17.9 Å². The monoisotopic (exact) mass is 496 g/mol. The summed E-state index contributed by atoms with van der Waals surface area (Å²) in [7, 11) is 0. The van der Waals surface area contributed by atoms with Crippen LogP contribution in [0, 0.1) is 0 Å². The molecule has 0 spiro atoms. The van der Waals surface area contributed by atoms with Crippen molar-refractivity contribution in [1.82, 2.24) is 4.98 Å². The van der Waals surface area contributed by atoms with E-state index in [1.165, 1.54) is 18.2 Å². The quantitative estimate of drug-likeness (QED) is 0.208. The van der Waals surface area contributed by atoms with Gasteiger partial charge in [0.15, 0.2) is 5.43 Å². The van der Waals surface area contributed by atoms with Gasteiger partial charge in [-0.2, -0.15) is 0 Å². The number of carboxylic acids is 3. The summed E-state index contributed by atoms with van der Waals surface area (Å²) in [6, 6.07) is 24.4. The molecule has 37 heavy (non-hydrogen) atoms. The van der Waals surface area contributed by atoms with E-state index in [1.807, 2.05) is 0 Å². The number of hydrogen-bond donors (Lipinski definition) is 5. The van der Waals surface area contributed by atoms with Crippen LogP contribution in [0.2, 0.25) is 0 Å². The number of nitrogens with one attached hydrogen (secondary N) is 2. The summed E-state index contributed by atoms with van der Waals surface area (Å²) in [4.78, 5) is 48.6. The molecule has 1 aromatic heterocycles. The topological polar surface area (TPSA) is 157 Å².